The summed E-state index contributed by atoms with van der Waals surface area (Å²) >= 11 is 0. The molecule has 0 radical (unpaired) electrons. The molecule has 97 heavy (non-hydrogen) atoms. The fourth-order valence-electron chi connectivity index (χ4n) is 12.9. The number of ether oxygens (including phenoxy) is 7. The van der Waals surface area contributed by atoms with Gasteiger partial charge in [0.1, 0.15) is 73.1 Å². The lowest BCUT2D eigenvalue weighted by molar-refractivity contribution is -0.270. The van der Waals surface area contributed by atoms with Gasteiger partial charge in [-0.25, -0.2) is 0 Å². The van der Waals surface area contributed by atoms with Gasteiger partial charge in [0.05, 0.1) is 69.0 Å². The smallest absolute Gasteiger partial charge is 0.222 e. The van der Waals surface area contributed by atoms with Gasteiger partial charge >= 0.3 is 0 Å². The molecule has 6 aliphatic heterocycles. The van der Waals surface area contributed by atoms with E-state index in [-0.39, 0.29) is 102 Å². The Hall–Kier alpha value is -3.46. The molecule has 0 aliphatic carbocycles. The molecule has 6 rings (SSSR count). The van der Waals surface area contributed by atoms with Crippen LogP contribution in [0.1, 0.15) is 132 Å². The van der Waals surface area contributed by atoms with Crippen molar-refractivity contribution in [3.8, 4) is 0 Å². The number of rotatable bonds is 36. The Labute approximate surface area is 566 Å². The maximum absolute atomic E-state index is 14.3. The lowest BCUT2D eigenvalue weighted by Crippen LogP contribution is -2.64. The standard InChI is InChI=1S/C61H106N6O28P2/c1-10-37-23-41(27-65(37)46(74)17-11-14-20-85-58-49(62-34(2)71)55(80)52(77)43(29-68)90-58)94-96(8,83)89-33-39-25-42(28-67(39)48(76)19-13-16-22-87-60-51(64-36(4)73)57(82)54(79)45(31-70)92-60)95-97(9,84)88-32-38-24-40(93-61(5,6)7)26-66(38)47(75)18-12-15-21-86-59-50(63-35(3)72)56(81)53(78)44(30-69)91-59/h37-45,49-60,68-70,77-82H,8-33H2,1-7H3,(H3-2,62,63,64,71,72,73,83,84)/q-2/t37-,38+,39+,40-,41-,42-,43?,44?,45?,49?,50?,51?,52?,53?,54?,55?,56?,57?,58?,59?,60?,96?,97?/m1/s1. The maximum atomic E-state index is 14.3. The van der Waals surface area contributed by atoms with Gasteiger partial charge in [-0.15, -0.1) is 0 Å². The second-order valence-corrected chi connectivity index (χ2v) is 30.0. The number of carbonyl (C=O) groups excluding carboxylic acids is 6. The van der Waals surface area contributed by atoms with E-state index >= 15 is 0 Å². The zero-order chi connectivity index (χ0) is 71.7. The predicted molar refractivity (Wildman–Crippen MR) is 341 cm³/mol. The Kier molecular flexibility index (Phi) is 32.5. The third kappa shape index (κ3) is 24.6. The van der Waals surface area contributed by atoms with E-state index in [1.165, 1.54) is 25.7 Å². The zero-order valence-electron chi connectivity index (χ0n) is 56.5. The maximum Gasteiger partial charge on any atom is 0.222 e. The molecule has 36 heteroatoms. The van der Waals surface area contributed by atoms with Crippen molar-refractivity contribution < 1.29 is 136 Å². The Bertz CT molecular complexity index is 2640. The highest BCUT2D eigenvalue weighted by Crippen LogP contribution is 2.46. The van der Waals surface area contributed by atoms with Crippen molar-refractivity contribution in [2.45, 2.75) is 266 Å². The third-order valence-electron chi connectivity index (χ3n) is 17.6. The fourth-order valence-corrected chi connectivity index (χ4v) is 15.0. The number of carbonyl (C=O) groups is 6. The van der Waals surface area contributed by atoms with Crippen molar-refractivity contribution in [2.75, 3.05) is 72.5 Å². The van der Waals surface area contributed by atoms with E-state index in [0.29, 0.717) is 44.9 Å². The molecule has 6 fully saturated rings. The summed E-state index contributed by atoms with van der Waals surface area (Å²) in [5.74, 6) is -2.46. The van der Waals surface area contributed by atoms with Crippen LogP contribution in [0.2, 0.25) is 0 Å². The van der Waals surface area contributed by atoms with Crippen LogP contribution in [0.5, 0.6) is 0 Å². The van der Waals surface area contributed by atoms with Gasteiger partial charge in [0, 0.05) is 101 Å². The van der Waals surface area contributed by atoms with E-state index in [2.05, 4.69) is 28.5 Å². The van der Waals surface area contributed by atoms with Crippen molar-refractivity contribution in [3.05, 3.63) is 0 Å². The molecular weight excluding hydrogens is 1330 g/mol. The molecule has 6 heterocycles. The van der Waals surface area contributed by atoms with Crippen molar-refractivity contribution >= 4 is 63.2 Å². The first kappa shape index (κ1) is 82.5. The fraction of sp³-hybridized carbons (Fsp3) is 0.869. The Morgan fingerprint density at radius 1 is 0.495 bits per heavy atom. The Morgan fingerprint density at radius 3 is 1.09 bits per heavy atom. The van der Waals surface area contributed by atoms with Crippen LogP contribution in [0.15, 0.2) is 0 Å². The molecule has 0 saturated carbocycles. The lowest BCUT2D eigenvalue weighted by atomic mass is 9.97. The number of likely N-dealkylation sites (tertiary alicyclic amines) is 3. The lowest BCUT2D eigenvalue weighted by Gasteiger charge is -2.42. The first-order valence-electron chi connectivity index (χ1n) is 33.3. The highest BCUT2D eigenvalue weighted by atomic mass is 31.2. The molecule has 560 valence electrons. The summed E-state index contributed by atoms with van der Waals surface area (Å²) in [5.41, 5.74) is -0.595. The van der Waals surface area contributed by atoms with Gasteiger partial charge in [-0.2, -0.15) is 0 Å². The van der Waals surface area contributed by atoms with Crippen LogP contribution in [0.3, 0.4) is 0 Å². The van der Waals surface area contributed by atoms with Gasteiger partial charge in [0.25, 0.3) is 0 Å². The molecule has 17 unspecified atom stereocenters. The number of amides is 6. The van der Waals surface area contributed by atoms with E-state index in [1.807, 2.05) is 27.7 Å². The average molecular weight is 1430 g/mol. The van der Waals surface area contributed by atoms with Gasteiger partial charge in [0.2, 0.25) is 35.4 Å². The summed E-state index contributed by atoms with van der Waals surface area (Å²) in [6, 6.07) is -5.24. The van der Waals surface area contributed by atoms with E-state index in [9.17, 15) is 84.5 Å². The summed E-state index contributed by atoms with van der Waals surface area (Å²) in [5, 5.41) is 99.6. The average Bonchev–Trinajstić information content (AvgIpc) is 1.76. The predicted octanol–water partition coefficient (Wildman–Crippen LogP) is -4.31. The highest BCUT2D eigenvalue weighted by molar-refractivity contribution is 7.57. The molecule has 0 aromatic rings. The van der Waals surface area contributed by atoms with Crippen LogP contribution in [0.25, 0.3) is 0 Å². The molecule has 6 amide bonds. The Balaban J connectivity index is 1.05. The number of aliphatic hydroxyl groups excluding tert-OH is 9. The number of unbranched alkanes of at least 4 members (excludes halogenated alkanes) is 3. The highest BCUT2D eigenvalue weighted by Gasteiger charge is 2.49. The topological polar surface area (TPSA) is 478 Å². The largest absolute Gasteiger partial charge is 0.789 e. The summed E-state index contributed by atoms with van der Waals surface area (Å²) in [6.07, 6.45) is -7.84. The van der Waals surface area contributed by atoms with Crippen LogP contribution < -0.4 is 25.7 Å². The minimum absolute atomic E-state index is 0.0153. The van der Waals surface area contributed by atoms with Crippen LogP contribution in [0.4, 0.5) is 0 Å². The normalized spacial score (nSPS) is 34.5. The van der Waals surface area contributed by atoms with Gasteiger partial charge < -0.3 is 138 Å². The summed E-state index contributed by atoms with van der Waals surface area (Å²) in [4.78, 5) is 111. The molecule has 23 atom stereocenters. The van der Waals surface area contributed by atoms with Crippen molar-refractivity contribution in [2.24, 2.45) is 0 Å². The molecule has 0 bridgehead atoms. The first-order valence-corrected chi connectivity index (χ1v) is 36.8. The molecular formula is C61H106N6O28P2-2. The molecule has 0 aromatic carbocycles. The van der Waals surface area contributed by atoms with Crippen LogP contribution in [-0.2, 0) is 80.0 Å². The SMILES string of the molecule is C=P([O-])(OC[C@@H]1C[C@@H](OP(=C)([O-])OC[C@@H]2C[C@@H](OC(C)(C)C)CN2C(=O)CCCCOC2OC(CO)C(O)C(O)C2NC(C)=O)CN1C(=O)CCCCOC1OC(CO)C(O)C(O)C1NC(C)=O)O[C@@H]1C[C@@H](CC)N(C(=O)CCCCOC2OC(CO)C(O)C(O)C2NC(C)=O)C1. The molecule has 6 saturated heterocycles. The second kappa shape index (κ2) is 38.2. The van der Waals surface area contributed by atoms with Crippen molar-refractivity contribution in [3.63, 3.8) is 0 Å². The Morgan fingerprint density at radius 2 is 0.794 bits per heavy atom. The monoisotopic (exact) mass is 1430 g/mol. The van der Waals surface area contributed by atoms with Crippen LogP contribution in [-0.4, -0.2) is 315 Å². The molecule has 0 aromatic heterocycles. The van der Waals surface area contributed by atoms with Gasteiger partial charge in [-0.1, -0.05) is 19.5 Å². The first-order chi connectivity index (χ1) is 45.7. The van der Waals surface area contributed by atoms with E-state index in [0.717, 1.165) is 0 Å². The van der Waals surface area contributed by atoms with Gasteiger partial charge in [-0.05, 0) is 85.0 Å². The number of nitrogens with zero attached hydrogens (tertiary/aromatic N) is 3. The van der Waals surface area contributed by atoms with Crippen molar-refractivity contribution in [1.29, 1.82) is 0 Å². The van der Waals surface area contributed by atoms with Gasteiger partial charge in [0.15, 0.2) is 18.9 Å². The number of hydrogen-bond acceptors (Lipinski definition) is 28. The second-order valence-electron chi connectivity index (χ2n) is 26.6. The molecule has 12 N–H and O–H groups in total. The van der Waals surface area contributed by atoms with E-state index < -0.39 is 193 Å². The number of nitrogens with one attached hydrogen (secondary N) is 3. The third-order valence-corrected chi connectivity index (χ3v) is 19.9. The van der Waals surface area contributed by atoms with Crippen LogP contribution in [0, 0.1) is 0 Å². The number of aliphatic hydroxyl groups is 9. The van der Waals surface area contributed by atoms with Crippen LogP contribution >= 0.6 is 15.1 Å². The molecule has 34 nitrogen and oxygen atoms in total. The molecule has 6 aliphatic rings. The van der Waals surface area contributed by atoms with E-state index in [4.69, 9.17) is 51.3 Å². The minimum atomic E-state index is -4.25. The summed E-state index contributed by atoms with van der Waals surface area (Å²) in [7, 11) is -8.45. The van der Waals surface area contributed by atoms with Gasteiger partial charge in [-0.3, -0.25) is 28.8 Å². The minimum Gasteiger partial charge on any atom is -0.789 e. The zero-order valence-corrected chi connectivity index (χ0v) is 58.3. The van der Waals surface area contributed by atoms with Crippen molar-refractivity contribution in [1.82, 2.24) is 30.7 Å². The summed E-state index contributed by atoms with van der Waals surface area (Å²) < 4.78 is 64.6. The van der Waals surface area contributed by atoms with E-state index in [1.54, 1.807) is 9.80 Å². The molecule has 0 spiro atoms. The quantitative estimate of drug-likeness (QED) is 0.0209. The number of hydrogen-bond donors (Lipinski definition) is 12. The summed E-state index contributed by atoms with van der Waals surface area (Å²) in [6.45, 7) is 8.70.